The van der Waals surface area contributed by atoms with E-state index in [4.69, 9.17) is 0 Å². The molecule has 55 heavy (non-hydrogen) atoms. The number of carbonyl (C=O) groups is 1. The van der Waals surface area contributed by atoms with Crippen LogP contribution in [0.2, 0.25) is 0 Å². The van der Waals surface area contributed by atoms with Crippen molar-refractivity contribution in [3.63, 3.8) is 0 Å². The molecule has 4 N–H and O–H groups in total. The van der Waals surface area contributed by atoms with Crippen LogP contribution in [0.4, 0.5) is 0 Å². The molecular formula is C50H95NO4. The highest BCUT2D eigenvalue weighted by atomic mass is 16.3. The van der Waals surface area contributed by atoms with Gasteiger partial charge >= 0.3 is 0 Å². The maximum atomic E-state index is 12.5. The standard InChI is InChI=1S/C50H95NO4/c1-3-5-7-9-11-13-15-17-19-21-23-25-26-28-30-32-34-36-38-40-42-44-48(53)50(55)47(46-52)51-49(54)45-43-41-39-37-35-33-31-29-27-24-22-20-18-16-14-12-10-8-6-4-2/h24,27-28,30,36,38,47-48,50,52-53,55H,3-23,25-26,29,31-35,37,39-46H2,1-2H3,(H,51,54)/b27-24-,30-28+,38-36+. The molecule has 0 spiro atoms. The Bertz CT molecular complexity index is 855. The maximum absolute atomic E-state index is 12.5. The van der Waals surface area contributed by atoms with Crippen molar-refractivity contribution in [3.05, 3.63) is 36.5 Å². The smallest absolute Gasteiger partial charge is 0.220 e. The number of aliphatic hydroxyl groups is 3. The summed E-state index contributed by atoms with van der Waals surface area (Å²) in [6.45, 7) is 4.18. The normalized spacial score (nSPS) is 13.8. The number of allylic oxidation sites excluding steroid dienone is 6. The average Bonchev–Trinajstić information content (AvgIpc) is 3.19. The molecule has 0 rings (SSSR count). The van der Waals surface area contributed by atoms with Gasteiger partial charge in [-0.3, -0.25) is 4.79 Å². The van der Waals surface area contributed by atoms with Crippen LogP contribution < -0.4 is 5.32 Å². The molecule has 324 valence electrons. The van der Waals surface area contributed by atoms with Gasteiger partial charge in [0.05, 0.1) is 18.8 Å². The topological polar surface area (TPSA) is 89.8 Å². The number of unbranched alkanes of at least 4 members (excludes halogenated alkanes) is 30. The molecule has 0 aliphatic rings. The van der Waals surface area contributed by atoms with Crippen LogP contribution in [-0.2, 0) is 4.79 Å². The zero-order valence-corrected chi connectivity index (χ0v) is 36.8. The highest BCUT2D eigenvalue weighted by Crippen LogP contribution is 2.15. The van der Waals surface area contributed by atoms with E-state index in [0.717, 1.165) is 44.9 Å². The predicted molar refractivity (Wildman–Crippen MR) is 241 cm³/mol. The summed E-state index contributed by atoms with van der Waals surface area (Å²) in [5.74, 6) is -0.162. The molecule has 0 aromatic heterocycles. The van der Waals surface area contributed by atoms with E-state index >= 15 is 0 Å². The predicted octanol–water partition coefficient (Wildman–Crippen LogP) is 14.3. The molecule has 0 saturated carbocycles. The van der Waals surface area contributed by atoms with Crippen LogP contribution in [0.5, 0.6) is 0 Å². The SMILES string of the molecule is CCCCCCCCCCC/C=C\CCCCCCCCCC(=O)NC(CO)C(O)C(O)CCC/C=C/CC/C=C/CCCCCCCCCCCCCC. The summed E-state index contributed by atoms with van der Waals surface area (Å²) in [7, 11) is 0. The average molecular weight is 774 g/mol. The molecule has 1 amide bonds. The Morgan fingerprint density at radius 3 is 1.11 bits per heavy atom. The monoisotopic (exact) mass is 774 g/mol. The summed E-state index contributed by atoms with van der Waals surface area (Å²) in [5.41, 5.74) is 0. The summed E-state index contributed by atoms with van der Waals surface area (Å²) < 4.78 is 0. The maximum Gasteiger partial charge on any atom is 0.220 e. The second kappa shape index (κ2) is 45.3. The Hall–Kier alpha value is -1.43. The summed E-state index contributed by atoms with van der Waals surface area (Å²) in [5, 5.41) is 33.6. The van der Waals surface area contributed by atoms with Gasteiger partial charge in [-0.15, -0.1) is 0 Å². The molecule has 0 bridgehead atoms. The van der Waals surface area contributed by atoms with E-state index in [1.165, 1.54) is 180 Å². The molecule has 3 atom stereocenters. The van der Waals surface area contributed by atoms with Gasteiger partial charge in [-0.1, -0.05) is 204 Å². The highest BCUT2D eigenvalue weighted by Gasteiger charge is 2.26. The van der Waals surface area contributed by atoms with Gasteiger partial charge in [0.2, 0.25) is 5.91 Å². The fourth-order valence-corrected chi connectivity index (χ4v) is 7.41. The van der Waals surface area contributed by atoms with E-state index in [-0.39, 0.29) is 12.5 Å². The van der Waals surface area contributed by atoms with Crippen LogP contribution in [0.1, 0.15) is 251 Å². The number of hydrogen-bond donors (Lipinski definition) is 4. The lowest BCUT2D eigenvalue weighted by molar-refractivity contribution is -0.124. The van der Waals surface area contributed by atoms with Crippen molar-refractivity contribution in [2.45, 2.75) is 270 Å². The highest BCUT2D eigenvalue weighted by molar-refractivity contribution is 5.76. The fraction of sp³-hybridized carbons (Fsp3) is 0.860. The summed E-state index contributed by atoms with van der Waals surface area (Å²) >= 11 is 0. The lowest BCUT2D eigenvalue weighted by Gasteiger charge is -2.26. The number of carbonyl (C=O) groups excluding carboxylic acids is 1. The van der Waals surface area contributed by atoms with E-state index in [1.54, 1.807) is 0 Å². The molecule has 0 aromatic rings. The second-order valence-corrected chi connectivity index (χ2v) is 16.6. The van der Waals surface area contributed by atoms with E-state index in [9.17, 15) is 20.1 Å². The van der Waals surface area contributed by atoms with Gasteiger partial charge in [0.15, 0.2) is 0 Å². The van der Waals surface area contributed by atoms with Gasteiger partial charge in [-0.25, -0.2) is 0 Å². The summed E-state index contributed by atoms with van der Waals surface area (Å²) in [4.78, 5) is 12.5. The van der Waals surface area contributed by atoms with Crippen molar-refractivity contribution in [1.29, 1.82) is 0 Å². The van der Waals surface area contributed by atoms with Crippen molar-refractivity contribution in [1.82, 2.24) is 5.32 Å². The Kier molecular flexibility index (Phi) is 44.1. The Morgan fingerprint density at radius 2 is 0.745 bits per heavy atom. The third kappa shape index (κ3) is 40.6. The van der Waals surface area contributed by atoms with E-state index in [2.05, 4.69) is 55.6 Å². The molecule has 0 fully saturated rings. The van der Waals surface area contributed by atoms with Crippen molar-refractivity contribution in [2.75, 3.05) is 6.61 Å². The van der Waals surface area contributed by atoms with Crippen molar-refractivity contribution >= 4 is 5.91 Å². The number of aliphatic hydroxyl groups excluding tert-OH is 3. The molecule has 0 aliphatic carbocycles. The van der Waals surface area contributed by atoms with Gasteiger partial charge in [0, 0.05) is 6.42 Å². The van der Waals surface area contributed by atoms with Crippen molar-refractivity contribution in [2.24, 2.45) is 0 Å². The third-order valence-electron chi connectivity index (χ3n) is 11.2. The van der Waals surface area contributed by atoms with Gasteiger partial charge in [0.25, 0.3) is 0 Å². The summed E-state index contributed by atoms with van der Waals surface area (Å²) in [6.07, 6.45) is 56.9. The number of hydrogen-bond acceptors (Lipinski definition) is 4. The van der Waals surface area contributed by atoms with Crippen LogP contribution in [-0.4, -0.2) is 46.1 Å². The Labute approximate surface area is 343 Å². The molecule has 3 unspecified atom stereocenters. The first kappa shape index (κ1) is 53.6. The second-order valence-electron chi connectivity index (χ2n) is 16.6. The largest absolute Gasteiger partial charge is 0.394 e. The minimum Gasteiger partial charge on any atom is -0.394 e. The van der Waals surface area contributed by atoms with Gasteiger partial charge in [0.1, 0.15) is 6.10 Å². The van der Waals surface area contributed by atoms with E-state index < -0.39 is 18.2 Å². The molecule has 0 saturated heterocycles. The lowest BCUT2D eigenvalue weighted by Crippen LogP contribution is -2.50. The Morgan fingerprint density at radius 1 is 0.436 bits per heavy atom. The first-order valence-electron chi connectivity index (χ1n) is 24.3. The zero-order chi connectivity index (χ0) is 40.1. The third-order valence-corrected chi connectivity index (χ3v) is 11.2. The van der Waals surface area contributed by atoms with Crippen LogP contribution in [0.25, 0.3) is 0 Å². The van der Waals surface area contributed by atoms with Crippen LogP contribution in [0.15, 0.2) is 36.5 Å². The lowest BCUT2D eigenvalue weighted by atomic mass is 10.0. The number of amides is 1. The molecule has 0 aromatic carbocycles. The Balaban J connectivity index is 3.67. The molecule has 5 nitrogen and oxygen atoms in total. The van der Waals surface area contributed by atoms with E-state index in [1.807, 2.05) is 0 Å². The number of nitrogens with one attached hydrogen (secondary N) is 1. The number of rotatable bonds is 44. The molecule has 5 heteroatoms. The minimum atomic E-state index is -1.17. The van der Waals surface area contributed by atoms with Gasteiger partial charge in [-0.2, -0.15) is 0 Å². The molecule has 0 heterocycles. The fourth-order valence-electron chi connectivity index (χ4n) is 7.41. The molecule has 0 radical (unpaired) electrons. The minimum absolute atomic E-state index is 0.162. The van der Waals surface area contributed by atoms with Crippen LogP contribution in [0.3, 0.4) is 0 Å². The van der Waals surface area contributed by atoms with E-state index in [0.29, 0.717) is 12.8 Å². The van der Waals surface area contributed by atoms with Crippen LogP contribution >= 0.6 is 0 Å². The molecule has 0 aliphatic heterocycles. The molecular weight excluding hydrogens is 679 g/mol. The van der Waals surface area contributed by atoms with Crippen molar-refractivity contribution < 1.29 is 20.1 Å². The summed E-state index contributed by atoms with van der Waals surface area (Å²) in [6, 6.07) is -0.834. The van der Waals surface area contributed by atoms with Gasteiger partial charge < -0.3 is 20.6 Å². The van der Waals surface area contributed by atoms with Crippen molar-refractivity contribution in [3.8, 4) is 0 Å². The first-order chi connectivity index (χ1) is 27.1. The first-order valence-corrected chi connectivity index (χ1v) is 24.3. The quantitative estimate of drug-likeness (QED) is 0.0367. The zero-order valence-electron chi connectivity index (χ0n) is 36.8. The van der Waals surface area contributed by atoms with Gasteiger partial charge in [-0.05, 0) is 77.0 Å². The van der Waals surface area contributed by atoms with Crippen LogP contribution in [0, 0.1) is 0 Å².